The number of aromatic nitrogens is 3. The molecule has 1 atom stereocenters. The third-order valence-electron chi connectivity index (χ3n) is 6.63. The van der Waals surface area contributed by atoms with E-state index in [1.807, 2.05) is 42.5 Å². The van der Waals surface area contributed by atoms with Gasteiger partial charge in [-0.15, -0.1) is 0 Å². The molecule has 0 spiro atoms. The molecule has 0 N–H and O–H groups in total. The molecule has 0 fully saturated rings. The van der Waals surface area contributed by atoms with Crippen LogP contribution < -0.4 is 15.2 Å². The van der Waals surface area contributed by atoms with Crippen LogP contribution in [0.3, 0.4) is 0 Å². The second-order valence-corrected chi connectivity index (χ2v) is 9.66. The van der Waals surface area contributed by atoms with Crippen molar-refractivity contribution in [2.24, 2.45) is 7.05 Å². The number of anilines is 1. The fourth-order valence-corrected chi connectivity index (χ4v) is 5.30. The molecule has 0 saturated heterocycles. The Bertz CT molecular complexity index is 1610. The monoisotopic (exact) mass is 542 g/mol. The van der Waals surface area contributed by atoms with E-state index in [9.17, 15) is 4.79 Å². The summed E-state index contributed by atoms with van der Waals surface area (Å²) in [6.07, 6.45) is 0.825. The minimum Gasteiger partial charge on any atom is -0.489 e. The van der Waals surface area contributed by atoms with Crippen molar-refractivity contribution >= 4 is 33.0 Å². The van der Waals surface area contributed by atoms with Crippen LogP contribution in [0, 0.1) is 0 Å². The van der Waals surface area contributed by atoms with Crippen LogP contribution in [-0.4, -0.2) is 28.2 Å². The summed E-state index contributed by atoms with van der Waals surface area (Å²) in [6.45, 7) is 0.688. The molecular weight excluding hydrogens is 520 g/mol. The van der Waals surface area contributed by atoms with Crippen LogP contribution in [0.2, 0.25) is 0 Å². The molecule has 0 bridgehead atoms. The number of para-hydroxylation sites is 2. The molecule has 3 aromatic carbocycles. The highest BCUT2D eigenvalue weighted by molar-refractivity contribution is 9.10. The van der Waals surface area contributed by atoms with E-state index in [-0.39, 0.29) is 23.2 Å². The number of hydrogen-bond donors (Lipinski definition) is 0. The van der Waals surface area contributed by atoms with Crippen molar-refractivity contribution in [1.82, 2.24) is 14.5 Å². The summed E-state index contributed by atoms with van der Waals surface area (Å²) in [5.74, 6) is 0.880. The zero-order chi connectivity index (χ0) is 24.8. The molecule has 8 heteroatoms. The molecule has 0 saturated carbocycles. The lowest BCUT2D eigenvalue weighted by molar-refractivity contribution is 0.401. The first-order valence-corrected chi connectivity index (χ1v) is 12.5. The molecule has 180 valence electrons. The lowest BCUT2D eigenvalue weighted by Gasteiger charge is -2.39. The van der Waals surface area contributed by atoms with Gasteiger partial charge < -0.3 is 14.1 Å². The molecule has 1 aliphatic rings. The zero-order valence-electron chi connectivity index (χ0n) is 19.8. The molecule has 36 heavy (non-hydrogen) atoms. The normalized spacial score (nSPS) is 15.2. The van der Waals surface area contributed by atoms with E-state index in [0.717, 1.165) is 16.5 Å². The Morgan fingerprint density at radius 1 is 1.03 bits per heavy atom. The summed E-state index contributed by atoms with van der Waals surface area (Å²) in [5, 5.41) is 0. The fourth-order valence-electron chi connectivity index (χ4n) is 4.93. The Kier molecular flexibility index (Phi) is 5.60. The van der Waals surface area contributed by atoms with E-state index in [1.165, 1.54) is 18.2 Å². The van der Waals surface area contributed by atoms with Gasteiger partial charge in [-0.05, 0) is 47.4 Å². The second-order valence-electron chi connectivity index (χ2n) is 8.74. The van der Waals surface area contributed by atoms with E-state index in [1.54, 1.807) is 11.6 Å². The van der Waals surface area contributed by atoms with Crippen LogP contribution in [0.15, 0.2) is 86.5 Å². The molecule has 5 aromatic rings. The number of hydrogen-bond acceptors (Lipinski definition) is 6. The zero-order valence-corrected chi connectivity index (χ0v) is 21.4. The van der Waals surface area contributed by atoms with Crippen molar-refractivity contribution in [3.8, 4) is 17.3 Å². The predicted molar refractivity (Wildman–Crippen MR) is 143 cm³/mol. The van der Waals surface area contributed by atoms with Crippen LogP contribution in [-0.2, 0) is 13.5 Å². The van der Waals surface area contributed by atoms with Gasteiger partial charge in [0.25, 0.3) is 11.4 Å². The molecule has 6 rings (SSSR count). The number of fused-ring (bicyclic) bond motifs is 2. The molecule has 7 nitrogen and oxygen atoms in total. The summed E-state index contributed by atoms with van der Waals surface area (Å²) in [7, 11) is 3.19. The van der Waals surface area contributed by atoms with Gasteiger partial charge in [0.05, 0.1) is 13.2 Å². The highest BCUT2D eigenvalue weighted by Gasteiger charge is 2.33. The van der Waals surface area contributed by atoms with Crippen molar-refractivity contribution in [3.05, 3.63) is 104 Å². The first kappa shape index (κ1) is 22.5. The third kappa shape index (κ3) is 3.69. The van der Waals surface area contributed by atoms with Crippen molar-refractivity contribution in [2.75, 3.05) is 18.6 Å². The number of rotatable bonds is 4. The molecule has 0 amide bonds. The van der Waals surface area contributed by atoms with Gasteiger partial charge in [0.15, 0.2) is 11.3 Å². The number of nitrogens with zero attached hydrogens (tertiary/aromatic N) is 4. The quantitative estimate of drug-likeness (QED) is 0.298. The lowest BCUT2D eigenvalue weighted by Crippen LogP contribution is -2.40. The largest absolute Gasteiger partial charge is 0.489 e. The van der Waals surface area contributed by atoms with E-state index < -0.39 is 0 Å². The standard InChI is InChI=1S/C28H23BrN4O3/c1-32-27(34)25(35-2)23(26-30-21-10-6-7-11-22(21)36-26)31-28(32)33-15-14-17-12-13-19(29)16-20(17)24(33)18-8-4-3-5-9-18/h3-13,16,24H,14-15H2,1-2H3. The highest BCUT2D eigenvalue weighted by atomic mass is 79.9. The SMILES string of the molecule is COc1c(-c2nc3ccccc3o2)nc(N2CCc3ccc(Br)cc3C2c2ccccc2)n(C)c1=O. The maximum absolute atomic E-state index is 13.5. The smallest absolute Gasteiger partial charge is 0.297 e. The number of methoxy groups -OCH3 is 1. The first-order chi connectivity index (χ1) is 17.5. The number of oxazole rings is 1. The number of halogens is 1. The van der Waals surface area contributed by atoms with Gasteiger partial charge in [0, 0.05) is 18.1 Å². The summed E-state index contributed by atoms with van der Waals surface area (Å²) in [6, 6.07) is 24.0. The molecule has 0 radical (unpaired) electrons. The molecular formula is C28H23BrN4O3. The van der Waals surface area contributed by atoms with Crippen LogP contribution in [0.5, 0.6) is 5.75 Å². The molecule has 3 heterocycles. The molecule has 0 aliphatic carbocycles. The van der Waals surface area contributed by atoms with Crippen molar-refractivity contribution < 1.29 is 9.15 Å². The fraction of sp³-hybridized carbons (Fsp3) is 0.179. The van der Waals surface area contributed by atoms with Gasteiger partial charge in [-0.25, -0.2) is 9.97 Å². The predicted octanol–water partition coefficient (Wildman–Crippen LogP) is 5.51. The van der Waals surface area contributed by atoms with E-state index in [4.69, 9.17) is 14.1 Å². The van der Waals surface area contributed by atoms with Gasteiger partial charge in [-0.2, -0.15) is 0 Å². The summed E-state index contributed by atoms with van der Waals surface area (Å²) in [5.41, 5.74) is 4.88. The summed E-state index contributed by atoms with van der Waals surface area (Å²) >= 11 is 3.64. The van der Waals surface area contributed by atoms with Crippen LogP contribution in [0.1, 0.15) is 22.7 Å². The Morgan fingerprint density at radius 2 is 1.81 bits per heavy atom. The van der Waals surface area contributed by atoms with Crippen molar-refractivity contribution in [1.29, 1.82) is 0 Å². The van der Waals surface area contributed by atoms with Crippen LogP contribution >= 0.6 is 15.9 Å². The maximum atomic E-state index is 13.5. The van der Waals surface area contributed by atoms with Crippen LogP contribution in [0.25, 0.3) is 22.7 Å². The Hall–Kier alpha value is -3.91. The average molecular weight is 543 g/mol. The number of benzene rings is 3. The Morgan fingerprint density at radius 3 is 2.58 bits per heavy atom. The molecule has 1 aliphatic heterocycles. The van der Waals surface area contributed by atoms with Gasteiger partial charge in [-0.3, -0.25) is 9.36 Å². The first-order valence-electron chi connectivity index (χ1n) is 11.7. The minimum absolute atomic E-state index is 0.101. The van der Waals surface area contributed by atoms with Crippen molar-refractivity contribution in [2.45, 2.75) is 12.5 Å². The Balaban J connectivity index is 1.57. The number of ether oxygens (including phenoxy) is 1. The van der Waals surface area contributed by atoms with Gasteiger partial charge in [-0.1, -0.05) is 64.5 Å². The average Bonchev–Trinajstić information content (AvgIpc) is 3.34. The molecule has 2 aromatic heterocycles. The highest BCUT2D eigenvalue weighted by Crippen LogP contribution is 2.39. The molecule has 1 unspecified atom stereocenters. The van der Waals surface area contributed by atoms with Crippen LogP contribution in [0.4, 0.5) is 5.95 Å². The van der Waals surface area contributed by atoms with E-state index in [0.29, 0.717) is 29.3 Å². The van der Waals surface area contributed by atoms with E-state index >= 15 is 0 Å². The summed E-state index contributed by atoms with van der Waals surface area (Å²) < 4.78 is 14.1. The lowest BCUT2D eigenvalue weighted by atomic mass is 9.88. The van der Waals surface area contributed by atoms with E-state index in [2.05, 4.69) is 56.1 Å². The summed E-state index contributed by atoms with van der Waals surface area (Å²) in [4.78, 5) is 25.2. The third-order valence-corrected chi connectivity index (χ3v) is 7.13. The van der Waals surface area contributed by atoms with Gasteiger partial charge >= 0.3 is 0 Å². The van der Waals surface area contributed by atoms with Gasteiger partial charge in [0.1, 0.15) is 5.52 Å². The van der Waals surface area contributed by atoms with Crippen molar-refractivity contribution in [3.63, 3.8) is 0 Å². The van der Waals surface area contributed by atoms with Gasteiger partial charge in [0.2, 0.25) is 11.7 Å². The minimum atomic E-state index is -0.299. The Labute approximate surface area is 216 Å². The topological polar surface area (TPSA) is 73.4 Å². The maximum Gasteiger partial charge on any atom is 0.297 e. The second kappa shape index (κ2) is 8.95.